The first-order chi connectivity index (χ1) is 12.9. The number of rotatable bonds is 5. The molecule has 144 valence electrons. The average Bonchev–Trinajstić information content (AvgIpc) is 2.68. The quantitative estimate of drug-likeness (QED) is 0.640. The van der Waals surface area contributed by atoms with Crippen molar-refractivity contribution >= 4 is 28.8 Å². The lowest BCUT2D eigenvalue weighted by atomic mass is 10.1. The molecular formula is C19H24N4O4. The van der Waals surface area contributed by atoms with Crippen LogP contribution in [-0.2, 0) is 18.8 Å². The van der Waals surface area contributed by atoms with E-state index in [2.05, 4.69) is 5.32 Å². The third kappa shape index (κ3) is 3.11. The van der Waals surface area contributed by atoms with E-state index in [-0.39, 0.29) is 11.5 Å². The van der Waals surface area contributed by atoms with Gasteiger partial charge in [0.25, 0.3) is 5.56 Å². The molecule has 3 rings (SSSR count). The minimum atomic E-state index is -0.401. The van der Waals surface area contributed by atoms with Crippen LogP contribution in [0.4, 0.5) is 22.9 Å². The molecule has 1 N–H and O–H groups in total. The average molecular weight is 372 g/mol. The molecule has 0 amide bonds. The third-order valence-electron chi connectivity index (χ3n) is 4.74. The number of ether oxygens (including phenoxy) is 1. The van der Waals surface area contributed by atoms with Crippen LogP contribution in [0.15, 0.2) is 27.8 Å². The zero-order chi connectivity index (χ0) is 19.7. The van der Waals surface area contributed by atoms with Crippen LogP contribution in [0.3, 0.4) is 0 Å². The Morgan fingerprint density at radius 1 is 1.15 bits per heavy atom. The number of carbonyl (C=O) groups excluding carboxylic acids is 1. The molecule has 1 aliphatic heterocycles. The number of hydrogen-bond donors (Lipinski definition) is 1. The third-order valence-corrected chi connectivity index (χ3v) is 4.74. The number of unbranched alkanes of at least 4 members (excludes halogenated alkanes) is 1. The number of aromatic nitrogens is 2. The lowest BCUT2D eigenvalue weighted by molar-refractivity contribution is 0.0500. The summed E-state index contributed by atoms with van der Waals surface area (Å²) >= 11 is 0. The van der Waals surface area contributed by atoms with Gasteiger partial charge in [-0.1, -0.05) is 13.3 Å². The summed E-state index contributed by atoms with van der Waals surface area (Å²) in [6.07, 6.45) is 1.76. The summed E-state index contributed by atoms with van der Waals surface area (Å²) in [6.45, 7) is 4.83. The van der Waals surface area contributed by atoms with Gasteiger partial charge < -0.3 is 15.0 Å². The summed E-state index contributed by atoms with van der Waals surface area (Å²) in [6, 6.07) is 5.16. The van der Waals surface area contributed by atoms with E-state index >= 15 is 0 Å². The van der Waals surface area contributed by atoms with E-state index in [4.69, 9.17) is 4.74 Å². The van der Waals surface area contributed by atoms with Crippen LogP contribution in [0.5, 0.6) is 0 Å². The van der Waals surface area contributed by atoms with Crippen LogP contribution in [0, 0.1) is 0 Å². The van der Waals surface area contributed by atoms with Crippen molar-refractivity contribution in [2.45, 2.75) is 26.7 Å². The molecule has 0 spiro atoms. The van der Waals surface area contributed by atoms with E-state index in [1.54, 1.807) is 25.2 Å². The second-order valence-electron chi connectivity index (χ2n) is 6.49. The van der Waals surface area contributed by atoms with Crippen molar-refractivity contribution in [3.05, 3.63) is 44.6 Å². The highest BCUT2D eigenvalue weighted by Crippen LogP contribution is 2.41. The van der Waals surface area contributed by atoms with Gasteiger partial charge in [0, 0.05) is 20.6 Å². The van der Waals surface area contributed by atoms with E-state index in [0.29, 0.717) is 35.9 Å². The number of nitrogens with one attached hydrogen (secondary N) is 1. The second-order valence-corrected chi connectivity index (χ2v) is 6.49. The van der Waals surface area contributed by atoms with Crippen LogP contribution < -0.4 is 21.5 Å². The smallest absolute Gasteiger partial charge is 0.338 e. The summed E-state index contributed by atoms with van der Waals surface area (Å²) in [4.78, 5) is 39.1. The van der Waals surface area contributed by atoms with E-state index in [1.807, 2.05) is 18.7 Å². The summed E-state index contributed by atoms with van der Waals surface area (Å²) in [7, 11) is 3.07. The number of fused-ring (bicyclic) bond motifs is 2. The topological polar surface area (TPSA) is 85.6 Å². The maximum Gasteiger partial charge on any atom is 0.338 e. The Labute approximate surface area is 157 Å². The molecule has 0 saturated heterocycles. The number of esters is 1. The van der Waals surface area contributed by atoms with Gasteiger partial charge in [0.05, 0.1) is 23.5 Å². The molecule has 2 heterocycles. The standard InChI is InChI=1S/C19H24N4O4/c1-5-7-10-27-18(25)12-8-9-13-14(11-12)23(6-2)15-16(20-13)21(3)19(26)22(4)17(15)24/h8-9,11,20H,5-7,10H2,1-4H3. The van der Waals surface area contributed by atoms with Gasteiger partial charge in [0.15, 0.2) is 0 Å². The van der Waals surface area contributed by atoms with Gasteiger partial charge in [-0.25, -0.2) is 9.59 Å². The molecule has 27 heavy (non-hydrogen) atoms. The summed E-state index contributed by atoms with van der Waals surface area (Å²) < 4.78 is 7.78. The minimum Gasteiger partial charge on any atom is -0.462 e. The Morgan fingerprint density at radius 2 is 1.89 bits per heavy atom. The van der Waals surface area contributed by atoms with Crippen molar-refractivity contribution in [3.8, 4) is 0 Å². The molecule has 0 radical (unpaired) electrons. The largest absolute Gasteiger partial charge is 0.462 e. The SMILES string of the molecule is CCCCOC(=O)c1ccc2c(c1)N(CC)c1c(n(C)c(=O)n(C)c1=O)N2. The summed E-state index contributed by atoms with van der Waals surface area (Å²) in [5.74, 6) is 0.0530. The maximum absolute atomic E-state index is 12.7. The molecular weight excluding hydrogens is 348 g/mol. The fraction of sp³-hybridized carbons (Fsp3) is 0.421. The molecule has 0 bridgehead atoms. The van der Waals surface area contributed by atoms with E-state index in [1.165, 1.54) is 11.6 Å². The first kappa shape index (κ1) is 18.8. The van der Waals surface area contributed by atoms with Crippen molar-refractivity contribution < 1.29 is 9.53 Å². The van der Waals surface area contributed by atoms with Crippen molar-refractivity contribution in [1.29, 1.82) is 0 Å². The molecule has 0 saturated carbocycles. The summed E-state index contributed by atoms with van der Waals surface area (Å²) in [5, 5.41) is 3.16. The van der Waals surface area contributed by atoms with E-state index < -0.39 is 5.69 Å². The molecule has 1 aliphatic rings. The molecule has 0 fully saturated rings. The molecule has 0 atom stereocenters. The van der Waals surface area contributed by atoms with Gasteiger partial charge >= 0.3 is 11.7 Å². The number of carbonyl (C=O) groups is 1. The van der Waals surface area contributed by atoms with Crippen LogP contribution in [0.25, 0.3) is 0 Å². The predicted octanol–water partition coefficient (Wildman–Crippen LogP) is 2.26. The normalized spacial score (nSPS) is 12.2. The van der Waals surface area contributed by atoms with E-state index in [9.17, 15) is 14.4 Å². The van der Waals surface area contributed by atoms with Gasteiger partial charge in [0.2, 0.25) is 0 Å². The van der Waals surface area contributed by atoms with Crippen LogP contribution in [0.2, 0.25) is 0 Å². The van der Waals surface area contributed by atoms with Crippen LogP contribution in [0.1, 0.15) is 37.0 Å². The van der Waals surface area contributed by atoms with Gasteiger partial charge in [0.1, 0.15) is 11.5 Å². The Hall–Kier alpha value is -3.03. The number of anilines is 4. The second kappa shape index (κ2) is 7.30. The lowest BCUT2D eigenvalue weighted by Crippen LogP contribution is -2.42. The fourth-order valence-electron chi connectivity index (χ4n) is 3.17. The molecule has 1 aromatic heterocycles. The van der Waals surface area contributed by atoms with Gasteiger partial charge in [-0.3, -0.25) is 13.9 Å². The molecule has 8 nitrogen and oxygen atoms in total. The maximum atomic E-state index is 12.7. The zero-order valence-corrected chi connectivity index (χ0v) is 16.0. The minimum absolute atomic E-state index is 0.381. The van der Waals surface area contributed by atoms with Gasteiger partial charge in [-0.15, -0.1) is 0 Å². The van der Waals surface area contributed by atoms with Crippen molar-refractivity contribution in [3.63, 3.8) is 0 Å². The summed E-state index contributed by atoms with van der Waals surface area (Å²) in [5.41, 5.74) is 1.44. The number of nitrogens with zero attached hydrogens (tertiary/aromatic N) is 3. The van der Waals surface area contributed by atoms with Gasteiger partial charge in [-0.2, -0.15) is 0 Å². The van der Waals surface area contributed by atoms with Gasteiger partial charge in [-0.05, 0) is 31.5 Å². The number of benzene rings is 1. The fourth-order valence-corrected chi connectivity index (χ4v) is 3.17. The molecule has 0 aliphatic carbocycles. The zero-order valence-electron chi connectivity index (χ0n) is 16.0. The first-order valence-corrected chi connectivity index (χ1v) is 9.06. The number of hydrogen-bond acceptors (Lipinski definition) is 6. The monoisotopic (exact) mass is 372 g/mol. The Kier molecular flexibility index (Phi) is 5.07. The predicted molar refractivity (Wildman–Crippen MR) is 105 cm³/mol. The highest BCUT2D eigenvalue weighted by molar-refractivity contribution is 5.96. The van der Waals surface area contributed by atoms with E-state index in [0.717, 1.165) is 23.1 Å². The van der Waals surface area contributed by atoms with Crippen molar-refractivity contribution in [2.24, 2.45) is 14.1 Å². The highest BCUT2D eigenvalue weighted by atomic mass is 16.5. The first-order valence-electron chi connectivity index (χ1n) is 9.06. The van der Waals surface area contributed by atoms with Crippen LogP contribution in [-0.4, -0.2) is 28.3 Å². The Morgan fingerprint density at radius 3 is 2.56 bits per heavy atom. The lowest BCUT2D eigenvalue weighted by Gasteiger charge is -2.33. The molecule has 8 heteroatoms. The van der Waals surface area contributed by atoms with Crippen molar-refractivity contribution in [2.75, 3.05) is 23.4 Å². The highest BCUT2D eigenvalue weighted by Gasteiger charge is 2.28. The molecule has 0 unspecified atom stereocenters. The molecule has 1 aromatic carbocycles. The van der Waals surface area contributed by atoms with Crippen molar-refractivity contribution in [1.82, 2.24) is 9.13 Å². The molecule has 2 aromatic rings. The Balaban J connectivity index is 2.07. The van der Waals surface area contributed by atoms with Crippen LogP contribution >= 0.6 is 0 Å². The Bertz CT molecular complexity index is 1010.